The number of pyridine rings is 1. The summed E-state index contributed by atoms with van der Waals surface area (Å²) in [7, 11) is 1.51. The van der Waals surface area contributed by atoms with E-state index in [1.807, 2.05) is 0 Å². The van der Waals surface area contributed by atoms with Gasteiger partial charge in [-0.2, -0.15) is 13.2 Å². The number of amides is 1. The molecular formula is C20H14ClF3N2O2. The summed E-state index contributed by atoms with van der Waals surface area (Å²) in [4.78, 5) is 16.6. The normalized spacial score (nSPS) is 11.2. The van der Waals surface area contributed by atoms with Crippen molar-refractivity contribution in [1.29, 1.82) is 0 Å². The molecule has 1 aromatic heterocycles. The van der Waals surface area contributed by atoms with Crippen LogP contribution in [0, 0.1) is 0 Å². The molecule has 1 N–H and O–H groups in total. The lowest BCUT2D eigenvalue weighted by Gasteiger charge is -2.11. The molecule has 0 bridgehead atoms. The number of halogens is 4. The zero-order valence-corrected chi connectivity index (χ0v) is 15.3. The zero-order chi connectivity index (χ0) is 20.3. The topological polar surface area (TPSA) is 51.2 Å². The second kappa shape index (κ2) is 7.90. The van der Waals surface area contributed by atoms with E-state index in [1.165, 1.54) is 25.3 Å². The molecule has 0 unspecified atom stereocenters. The summed E-state index contributed by atoms with van der Waals surface area (Å²) < 4.78 is 43.1. The van der Waals surface area contributed by atoms with E-state index in [0.717, 1.165) is 12.1 Å². The number of nitrogens with one attached hydrogen (secondary N) is 1. The van der Waals surface area contributed by atoms with Gasteiger partial charge in [0.15, 0.2) is 0 Å². The molecule has 3 aromatic rings. The fourth-order valence-corrected chi connectivity index (χ4v) is 2.82. The Bertz CT molecular complexity index is 1010. The van der Waals surface area contributed by atoms with Gasteiger partial charge in [0.25, 0.3) is 5.91 Å². The zero-order valence-electron chi connectivity index (χ0n) is 14.5. The van der Waals surface area contributed by atoms with E-state index in [0.29, 0.717) is 17.0 Å². The molecule has 0 radical (unpaired) electrons. The molecule has 0 saturated heterocycles. The maximum absolute atomic E-state index is 12.6. The van der Waals surface area contributed by atoms with Gasteiger partial charge in [0, 0.05) is 23.0 Å². The van der Waals surface area contributed by atoms with Gasteiger partial charge in [-0.3, -0.25) is 9.78 Å². The monoisotopic (exact) mass is 406 g/mol. The molecule has 1 heterocycles. The molecule has 0 aliphatic rings. The van der Waals surface area contributed by atoms with Gasteiger partial charge in [-0.05, 0) is 48.5 Å². The second-order valence-corrected chi connectivity index (χ2v) is 6.19. The molecule has 2 aromatic carbocycles. The van der Waals surface area contributed by atoms with Gasteiger partial charge in [-0.15, -0.1) is 0 Å². The second-order valence-electron chi connectivity index (χ2n) is 5.78. The molecule has 0 atom stereocenters. The lowest BCUT2D eigenvalue weighted by Crippen LogP contribution is -2.12. The van der Waals surface area contributed by atoms with Crippen molar-refractivity contribution < 1.29 is 22.7 Å². The Balaban J connectivity index is 1.81. The molecule has 144 valence electrons. The van der Waals surface area contributed by atoms with Gasteiger partial charge in [0.1, 0.15) is 11.4 Å². The van der Waals surface area contributed by atoms with Crippen molar-refractivity contribution in [2.75, 3.05) is 12.4 Å². The predicted molar refractivity (Wildman–Crippen MR) is 101 cm³/mol. The van der Waals surface area contributed by atoms with E-state index in [1.54, 1.807) is 30.5 Å². The van der Waals surface area contributed by atoms with Crippen molar-refractivity contribution in [3.8, 4) is 17.0 Å². The average Bonchev–Trinajstić information content (AvgIpc) is 2.67. The van der Waals surface area contributed by atoms with Gasteiger partial charge in [0.05, 0.1) is 17.7 Å². The summed E-state index contributed by atoms with van der Waals surface area (Å²) in [6.45, 7) is 0. The number of ether oxygens (including phenoxy) is 1. The molecule has 1 amide bonds. The Morgan fingerprint density at radius 2 is 1.82 bits per heavy atom. The van der Waals surface area contributed by atoms with Gasteiger partial charge in [0.2, 0.25) is 0 Å². The van der Waals surface area contributed by atoms with Crippen LogP contribution in [0.4, 0.5) is 18.9 Å². The first kappa shape index (κ1) is 19.7. The van der Waals surface area contributed by atoms with Gasteiger partial charge in [-0.1, -0.05) is 17.7 Å². The van der Waals surface area contributed by atoms with E-state index in [-0.39, 0.29) is 16.3 Å². The minimum Gasteiger partial charge on any atom is -0.494 e. The molecule has 0 fully saturated rings. The van der Waals surface area contributed by atoms with E-state index in [9.17, 15) is 18.0 Å². The number of methoxy groups -OCH3 is 1. The number of carbonyl (C=O) groups excluding carboxylic acids is 1. The van der Waals surface area contributed by atoms with E-state index in [2.05, 4.69) is 10.3 Å². The van der Waals surface area contributed by atoms with Crippen molar-refractivity contribution in [3.05, 3.63) is 76.9 Å². The summed E-state index contributed by atoms with van der Waals surface area (Å²) in [5.41, 5.74) is 0.824. The molecule has 8 heteroatoms. The number of alkyl halides is 3. The summed E-state index contributed by atoms with van der Waals surface area (Å²) >= 11 is 6.31. The third-order valence-corrected chi connectivity index (χ3v) is 4.26. The van der Waals surface area contributed by atoms with Crippen LogP contribution < -0.4 is 10.1 Å². The highest BCUT2D eigenvalue weighted by atomic mass is 35.5. The number of anilines is 1. The summed E-state index contributed by atoms with van der Waals surface area (Å²) in [6.07, 6.45) is -2.84. The maximum Gasteiger partial charge on any atom is 0.416 e. The fourth-order valence-electron chi connectivity index (χ4n) is 2.55. The van der Waals surface area contributed by atoms with Crippen LogP contribution in [-0.2, 0) is 6.18 Å². The quantitative estimate of drug-likeness (QED) is 0.606. The Kier molecular flexibility index (Phi) is 5.56. The largest absolute Gasteiger partial charge is 0.494 e. The number of hydrogen-bond acceptors (Lipinski definition) is 3. The average molecular weight is 407 g/mol. The molecule has 0 spiro atoms. The third-order valence-electron chi connectivity index (χ3n) is 3.95. The van der Waals surface area contributed by atoms with Crippen LogP contribution in [0.5, 0.6) is 5.75 Å². The molecule has 28 heavy (non-hydrogen) atoms. The van der Waals surface area contributed by atoms with E-state index >= 15 is 0 Å². The standard InChI is InChI=1S/C20H14ClF3N2O2/c1-28-17-3-2-10-25-18(17)15-9-4-12(11-16(15)21)19(27)26-14-7-5-13(6-8-14)20(22,23)24/h2-11H,1H3,(H,26,27). The lowest BCUT2D eigenvalue weighted by atomic mass is 10.1. The first-order chi connectivity index (χ1) is 13.3. The number of benzene rings is 2. The van der Waals surface area contributed by atoms with Crippen LogP contribution in [0.1, 0.15) is 15.9 Å². The first-order valence-electron chi connectivity index (χ1n) is 8.07. The molecule has 3 rings (SSSR count). The molecule has 0 aliphatic carbocycles. The predicted octanol–water partition coefficient (Wildman–Crippen LogP) is 5.68. The van der Waals surface area contributed by atoms with Crippen LogP contribution in [0.3, 0.4) is 0 Å². The van der Waals surface area contributed by atoms with Crippen LogP contribution in [0.15, 0.2) is 60.8 Å². The Labute approximate surface area is 163 Å². The van der Waals surface area contributed by atoms with Gasteiger partial charge >= 0.3 is 6.18 Å². The summed E-state index contributed by atoms with van der Waals surface area (Å²) in [5.74, 6) is 0.0348. The van der Waals surface area contributed by atoms with E-state index in [4.69, 9.17) is 16.3 Å². The highest BCUT2D eigenvalue weighted by Crippen LogP contribution is 2.34. The van der Waals surface area contributed by atoms with Crippen molar-refractivity contribution in [1.82, 2.24) is 4.98 Å². The van der Waals surface area contributed by atoms with Gasteiger partial charge in [-0.25, -0.2) is 0 Å². The first-order valence-corrected chi connectivity index (χ1v) is 8.45. The minimum atomic E-state index is -4.43. The van der Waals surface area contributed by atoms with Crippen LogP contribution in [0.25, 0.3) is 11.3 Å². The highest BCUT2D eigenvalue weighted by molar-refractivity contribution is 6.33. The molecule has 0 saturated carbocycles. The third kappa shape index (κ3) is 4.26. The Hall–Kier alpha value is -3.06. The van der Waals surface area contributed by atoms with Crippen LogP contribution in [0.2, 0.25) is 5.02 Å². The van der Waals surface area contributed by atoms with E-state index < -0.39 is 17.6 Å². The Morgan fingerprint density at radius 1 is 1.11 bits per heavy atom. The molecule has 4 nitrogen and oxygen atoms in total. The van der Waals surface area contributed by atoms with Crippen LogP contribution in [-0.4, -0.2) is 18.0 Å². The number of hydrogen-bond donors (Lipinski definition) is 1. The van der Waals surface area contributed by atoms with Crippen LogP contribution >= 0.6 is 11.6 Å². The Morgan fingerprint density at radius 3 is 2.43 bits per heavy atom. The molecular weight excluding hydrogens is 393 g/mol. The van der Waals surface area contributed by atoms with Crippen molar-refractivity contribution in [3.63, 3.8) is 0 Å². The smallest absolute Gasteiger partial charge is 0.416 e. The summed E-state index contributed by atoms with van der Waals surface area (Å²) in [6, 6.07) is 12.3. The minimum absolute atomic E-state index is 0.240. The van der Waals surface area contributed by atoms with Crippen molar-refractivity contribution >= 4 is 23.2 Å². The summed E-state index contributed by atoms with van der Waals surface area (Å²) in [5, 5.41) is 2.83. The van der Waals surface area contributed by atoms with Crippen molar-refractivity contribution in [2.45, 2.75) is 6.18 Å². The lowest BCUT2D eigenvalue weighted by molar-refractivity contribution is -0.137. The van der Waals surface area contributed by atoms with Crippen molar-refractivity contribution in [2.24, 2.45) is 0 Å². The van der Waals surface area contributed by atoms with Gasteiger partial charge < -0.3 is 10.1 Å². The number of nitrogens with zero attached hydrogens (tertiary/aromatic N) is 1. The fraction of sp³-hybridized carbons (Fsp3) is 0.100. The SMILES string of the molecule is COc1cccnc1-c1ccc(C(=O)Nc2ccc(C(F)(F)F)cc2)cc1Cl. The number of aromatic nitrogens is 1. The number of carbonyl (C=O) groups is 1. The number of rotatable bonds is 4. The maximum atomic E-state index is 12.6. The molecule has 0 aliphatic heterocycles. The highest BCUT2D eigenvalue weighted by Gasteiger charge is 2.30.